The number of hydrogen-bond acceptors (Lipinski definition) is 4. The molecule has 0 bridgehead atoms. The molecule has 2 aromatic carbocycles. The summed E-state index contributed by atoms with van der Waals surface area (Å²) in [5.41, 5.74) is 2.83. The Morgan fingerprint density at radius 2 is 2.04 bits per heavy atom. The first kappa shape index (κ1) is 18.8. The van der Waals surface area contributed by atoms with Crippen LogP contribution in [0.4, 0.5) is 0 Å². The monoisotopic (exact) mass is 380 g/mol. The van der Waals surface area contributed by atoms with Crippen molar-refractivity contribution in [2.45, 2.75) is 20.4 Å². The van der Waals surface area contributed by atoms with E-state index in [1.54, 1.807) is 31.2 Å². The maximum Gasteiger partial charge on any atom is 0.338 e. The van der Waals surface area contributed by atoms with Crippen LogP contribution in [0.2, 0.25) is 0 Å². The first-order chi connectivity index (χ1) is 13.0. The number of ether oxygens (including phenoxy) is 1. The van der Waals surface area contributed by atoms with Gasteiger partial charge in [-0.2, -0.15) is 4.99 Å². The molecule has 0 unspecified atom stereocenters. The molecule has 3 rings (SSSR count). The van der Waals surface area contributed by atoms with E-state index in [9.17, 15) is 9.59 Å². The molecule has 27 heavy (non-hydrogen) atoms. The van der Waals surface area contributed by atoms with Crippen LogP contribution in [0.1, 0.15) is 33.2 Å². The number of aromatic nitrogens is 1. The number of thiazole rings is 1. The van der Waals surface area contributed by atoms with E-state index in [0.717, 1.165) is 15.8 Å². The fraction of sp³-hybridized carbons (Fsp3) is 0.190. The van der Waals surface area contributed by atoms with Gasteiger partial charge in [0.2, 0.25) is 0 Å². The normalized spacial score (nSPS) is 11.6. The summed E-state index contributed by atoms with van der Waals surface area (Å²) >= 11 is 1.36. The molecule has 0 spiro atoms. The quantitative estimate of drug-likeness (QED) is 0.494. The van der Waals surface area contributed by atoms with Gasteiger partial charge in [-0.25, -0.2) is 4.79 Å². The predicted molar refractivity (Wildman–Crippen MR) is 107 cm³/mol. The van der Waals surface area contributed by atoms with Gasteiger partial charge in [0.25, 0.3) is 5.91 Å². The van der Waals surface area contributed by atoms with E-state index in [2.05, 4.69) is 11.6 Å². The summed E-state index contributed by atoms with van der Waals surface area (Å²) in [5, 5.41) is 0. The molecule has 5 nitrogen and oxygen atoms in total. The summed E-state index contributed by atoms with van der Waals surface area (Å²) in [6.45, 7) is 8.28. The van der Waals surface area contributed by atoms with Gasteiger partial charge in [-0.1, -0.05) is 35.6 Å². The number of carbonyl (C=O) groups is 2. The van der Waals surface area contributed by atoms with E-state index < -0.39 is 0 Å². The van der Waals surface area contributed by atoms with Crippen LogP contribution in [0.3, 0.4) is 0 Å². The number of aryl methyl sites for hydroxylation is 1. The van der Waals surface area contributed by atoms with E-state index in [0.29, 0.717) is 29.1 Å². The zero-order valence-corrected chi connectivity index (χ0v) is 16.1. The molecule has 0 saturated carbocycles. The third-order valence-electron chi connectivity index (χ3n) is 4.08. The minimum Gasteiger partial charge on any atom is -0.462 e. The van der Waals surface area contributed by atoms with E-state index in [-0.39, 0.29) is 11.9 Å². The summed E-state index contributed by atoms with van der Waals surface area (Å²) in [6, 6.07) is 12.7. The molecular weight excluding hydrogens is 360 g/mol. The second-order valence-electron chi connectivity index (χ2n) is 5.92. The van der Waals surface area contributed by atoms with Gasteiger partial charge in [-0.15, -0.1) is 6.58 Å². The fourth-order valence-corrected chi connectivity index (χ4v) is 3.84. The van der Waals surface area contributed by atoms with E-state index >= 15 is 0 Å². The Bertz CT molecular complexity index is 1090. The zero-order chi connectivity index (χ0) is 19.4. The van der Waals surface area contributed by atoms with Gasteiger partial charge in [-0.05, 0) is 43.7 Å². The first-order valence-electron chi connectivity index (χ1n) is 8.61. The van der Waals surface area contributed by atoms with Crippen molar-refractivity contribution in [3.8, 4) is 0 Å². The fourth-order valence-electron chi connectivity index (χ4n) is 2.77. The molecule has 6 heteroatoms. The van der Waals surface area contributed by atoms with Gasteiger partial charge in [0.1, 0.15) is 0 Å². The molecule has 0 atom stereocenters. The van der Waals surface area contributed by atoms with Crippen molar-refractivity contribution in [2.75, 3.05) is 6.61 Å². The second-order valence-corrected chi connectivity index (χ2v) is 6.93. The molecule has 3 aromatic rings. The summed E-state index contributed by atoms with van der Waals surface area (Å²) in [4.78, 5) is 29.5. The van der Waals surface area contributed by atoms with Gasteiger partial charge >= 0.3 is 5.97 Å². The van der Waals surface area contributed by atoms with Gasteiger partial charge in [0, 0.05) is 12.1 Å². The van der Waals surface area contributed by atoms with Crippen molar-refractivity contribution in [1.29, 1.82) is 0 Å². The Hall–Kier alpha value is -2.99. The molecule has 0 saturated heterocycles. The number of amides is 1. The molecule has 0 fully saturated rings. The third kappa shape index (κ3) is 3.90. The molecule has 0 aliphatic carbocycles. The average molecular weight is 380 g/mol. The molecule has 0 radical (unpaired) electrons. The van der Waals surface area contributed by atoms with Crippen LogP contribution < -0.4 is 4.80 Å². The Morgan fingerprint density at radius 1 is 1.26 bits per heavy atom. The van der Waals surface area contributed by atoms with Crippen molar-refractivity contribution >= 4 is 33.4 Å². The van der Waals surface area contributed by atoms with Crippen molar-refractivity contribution in [2.24, 2.45) is 4.99 Å². The lowest BCUT2D eigenvalue weighted by Gasteiger charge is -2.04. The molecule has 1 amide bonds. The van der Waals surface area contributed by atoms with Gasteiger partial charge in [0.15, 0.2) is 4.80 Å². The Balaban J connectivity index is 2.12. The highest BCUT2D eigenvalue weighted by molar-refractivity contribution is 7.16. The standard InChI is InChI=1S/C21H20N2O3S/c1-4-12-23-17-11-10-15(20(25)26-5-2)13-18(17)27-21(23)22-19(24)16-9-7-6-8-14(16)3/h4,6-11,13H,1,5,12H2,2-3H3. The van der Waals surface area contributed by atoms with Crippen molar-refractivity contribution in [3.63, 3.8) is 0 Å². The number of hydrogen-bond donors (Lipinski definition) is 0. The molecule has 0 N–H and O–H groups in total. The minimum atomic E-state index is -0.363. The van der Waals surface area contributed by atoms with Gasteiger partial charge < -0.3 is 9.30 Å². The number of esters is 1. The number of rotatable bonds is 5. The first-order valence-corrected chi connectivity index (χ1v) is 9.43. The molecule has 1 aromatic heterocycles. The van der Waals surface area contributed by atoms with E-state index in [1.165, 1.54) is 11.3 Å². The highest BCUT2D eigenvalue weighted by atomic mass is 32.1. The predicted octanol–water partition coefficient (Wildman–Crippen LogP) is 4.12. The van der Waals surface area contributed by atoms with Crippen LogP contribution in [-0.2, 0) is 11.3 Å². The Morgan fingerprint density at radius 3 is 2.74 bits per heavy atom. The SMILES string of the molecule is C=CCn1c(=NC(=O)c2ccccc2C)sc2cc(C(=O)OCC)ccc21. The lowest BCUT2D eigenvalue weighted by Crippen LogP contribution is -2.16. The average Bonchev–Trinajstić information content (AvgIpc) is 2.99. The molecule has 1 heterocycles. The lowest BCUT2D eigenvalue weighted by molar-refractivity contribution is 0.0526. The number of nitrogens with zero attached hydrogens (tertiary/aromatic N) is 2. The second kappa shape index (κ2) is 8.14. The Kier molecular flexibility index (Phi) is 5.66. The number of carbonyl (C=O) groups excluding carboxylic acids is 2. The van der Waals surface area contributed by atoms with Crippen LogP contribution in [0.5, 0.6) is 0 Å². The summed E-state index contributed by atoms with van der Waals surface area (Å²) in [6.07, 6.45) is 1.75. The van der Waals surface area contributed by atoms with Crippen molar-refractivity contribution in [3.05, 3.63) is 76.6 Å². The zero-order valence-electron chi connectivity index (χ0n) is 15.3. The van der Waals surface area contributed by atoms with Crippen LogP contribution in [0, 0.1) is 6.92 Å². The topological polar surface area (TPSA) is 60.7 Å². The molecule has 0 aliphatic rings. The van der Waals surface area contributed by atoms with E-state index in [1.807, 2.05) is 35.8 Å². The van der Waals surface area contributed by atoms with Crippen molar-refractivity contribution < 1.29 is 14.3 Å². The molecule has 0 aliphatic heterocycles. The molecular formula is C21H20N2O3S. The van der Waals surface area contributed by atoms with E-state index in [4.69, 9.17) is 4.74 Å². The maximum absolute atomic E-state index is 12.7. The van der Waals surface area contributed by atoms with Crippen LogP contribution in [0.15, 0.2) is 60.1 Å². The summed E-state index contributed by atoms with van der Waals surface area (Å²) in [7, 11) is 0. The molecule has 138 valence electrons. The van der Waals surface area contributed by atoms with Crippen molar-refractivity contribution in [1.82, 2.24) is 4.57 Å². The van der Waals surface area contributed by atoms with Crippen LogP contribution in [-0.4, -0.2) is 23.1 Å². The number of allylic oxidation sites excluding steroid dienone is 1. The van der Waals surface area contributed by atoms with Gasteiger partial charge in [-0.3, -0.25) is 4.79 Å². The maximum atomic E-state index is 12.7. The summed E-state index contributed by atoms with van der Waals surface area (Å²) < 4.78 is 7.84. The number of fused-ring (bicyclic) bond motifs is 1. The van der Waals surface area contributed by atoms with Crippen LogP contribution in [0.25, 0.3) is 10.2 Å². The number of benzene rings is 2. The highest BCUT2D eigenvalue weighted by Gasteiger charge is 2.13. The minimum absolute atomic E-state index is 0.289. The lowest BCUT2D eigenvalue weighted by atomic mass is 10.1. The van der Waals surface area contributed by atoms with Gasteiger partial charge in [0.05, 0.1) is 22.4 Å². The smallest absolute Gasteiger partial charge is 0.338 e. The Labute approximate surface area is 161 Å². The third-order valence-corrected chi connectivity index (χ3v) is 5.12. The highest BCUT2D eigenvalue weighted by Crippen LogP contribution is 2.20. The van der Waals surface area contributed by atoms with Crippen LogP contribution >= 0.6 is 11.3 Å². The largest absolute Gasteiger partial charge is 0.462 e. The summed E-state index contributed by atoms with van der Waals surface area (Å²) in [5.74, 6) is -0.652.